The second-order valence-electron chi connectivity index (χ2n) is 6.03. The largest absolute Gasteiger partial charge is 0.504 e. The monoisotopic (exact) mass is 374 g/mol. The van der Waals surface area contributed by atoms with E-state index in [1.165, 1.54) is 41.0 Å². The molecule has 27 heavy (non-hydrogen) atoms. The Hall–Kier alpha value is -3.60. The van der Waals surface area contributed by atoms with Gasteiger partial charge in [-0.1, -0.05) is 6.07 Å². The number of anilines is 1. The number of aromatic nitrogens is 4. The number of nitrogen functional groups attached to an aromatic ring is 1. The third-order valence-electron chi connectivity index (χ3n) is 4.06. The van der Waals surface area contributed by atoms with Gasteiger partial charge in [-0.3, -0.25) is 14.6 Å². The van der Waals surface area contributed by atoms with Crippen LogP contribution in [0.2, 0.25) is 0 Å². The number of hydrogen-bond acceptors (Lipinski definition) is 8. The van der Waals surface area contributed by atoms with E-state index in [2.05, 4.69) is 15.0 Å². The van der Waals surface area contributed by atoms with E-state index in [1.807, 2.05) is 0 Å². The topological polar surface area (TPSA) is 171 Å². The maximum atomic E-state index is 12.4. The Morgan fingerprint density at radius 1 is 1.37 bits per heavy atom. The van der Waals surface area contributed by atoms with Crippen LogP contribution in [0.4, 0.5) is 5.95 Å². The number of fused-ring (bicyclic) bond motifs is 1. The molecule has 6 N–H and O–H groups in total. The van der Waals surface area contributed by atoms with Gasteiger partial charge in [0.15, 0.2) is 22.7 Å². The van der Waals surface area contributed by atoms with Gasteiger partial charge in [-0.25, -0.2) is 4.98 Å². The zero-order valence-electron chi connectivity index (χ0n) is 14.3. The molecule has 0 aliphatic heterocycles. The quantitative estimate of drug-likeness (QED) is 0.365. The first-order chi connectivity index (χ1) is 12.8. The standard InChI is InChI=1S/C16H18N6O5/c1-21(5-11(25)8-2-3-9(23)10(24)4-8)12(26)6-22-7-18-13-14(22)19-16(17)20-15(13)27/h2-4,7,11,23-25H,5-6H2,1H3,(H3,17,19,20,27). The number of aromatic hydroxyl groups is 2. The van der Waals surface area contributed by atoms with Crippen molar-refractivity contribution in [1.82, 2.24) is 24.4 Å². The molecule has 0 bridgehead atoms. The van der Waals surface area contributed by atoms with E-state index in [0.29, 0.717) is 5.56 Å². The molecular formula is C16H18N6O5. The SMILES string of the molecule is CN(CC(O)c1ccc(O)c(O)c1)C(=O)Cn1cnc2c(=O)[nH]c(N)nc21. The Kier molecular flexibility index (Phi) is 4.69. The molecular weight excluding hydrogens is 356 g/mol. The number of likely N-dealkylation sites (N-methyl/N-ethyl adjacent to an activating group) is 1. The van der Waals surface area contributed by atoms with Gasteiger partial charge in [-0.15, -0.1) is 0 Å². The first-order valence-corrected chi connectivity index (χ1v) is 7.90. The molecule has 0 saturated carbocycles. The lowest BCUT2D eigenvalue weighted by molar-refractivity contribution is -0.131. The molecule has 2 aromatic heterocycles. The summed E-state index contributed by atoms with van der Waals surface area (Å²) in [6, 6.07) is 3.92. The summed E-state index contributed by atoms with van der Waals surface area (Å²) >= 11 is 0. The van der Waals surface area contributed by atoms with Crippen LogP contribution in [0, 0.1) is 0 Å². The number of aliphatic hydroxyl groups excluding tert-OH is 1. The predicted molar refractivity (Wildman–Crippen MR) is 94.9 cm³/mol. The summed E-state index contributed by atoms with van der Waals surface area (Å²) in [6.07, 6.45) is 0.244. The molecule has 11 nitrogen and oxygen atoms in total. The average Bonchev–Trinajstić information content (AvgIpc) is 3.00. The lowest BCUT2D eigenvalue weighted by Gasteiger charge is -2.21. The predicted octanol–water partition coefficient (Wildman–Crippen LogP) is -0.695. The smallest absolute Gasteiger partial charge is 0.280 e. The lowest BCUT2D eigenvalue weighted by Crippen LogP contribution is -2.33. The Balaban J connectivity index is 1.72. The van der Waals surface area contributed by atoms with Gasteiger partial charge in [-0.05, 0) is 17.7 Å². The fourth-order valence-electron chi connectivity index (χ4n) is 2.57. The number of rotatable bonds is 5. The van der Waals surface area contributed by atoms with Crippen molar-refractivity contribution >= 4 is 23.0 Å². The van der Waals surface area contributed by atoms with Crippen LogP contribution >= 0.6 is 0 Å². The van der Waals surface area contributed by atoms with Gasteiger partial charge in [0.1, 0.15) is 6.54 Å². The van der Waals surface area contributed by atoms with Crippen molar-refractivity contribution in [3.63, 3.8) is 0 Å². The summed E-state index contributed by atoms with van der Waals surface area (Å²) in [5, 5.41) is 29.1. The fraction of sp³-hybridized carbons (Fsp3) is 0.250. The molecule has 0 saturated heterocycles. The third-order valence-corrected chi connectivity index (χ3v) is 4.06. The lowest BCUT2D eigenvalue weighted by atomic mass is 10.1. The summed E-state index contributed by atoms with van der Waals surface area (Å²) in [6.45, 7) is -0.206. The molecule has 142 valence electrons. The maximum Gasteiger partial charge on any atom is 0.280 e. The highest BCUT2D eigenvalue weighted by molar-refractivity contribution is 5.78. The van der Waals surface area contributed by atoms with Crippen LogP contribution in [0.15, 0.2) is 29.3 Å². The zero-order chi connectivity index (χ0) is 19.7. The number of carbonyl (C=O) groups is 1. The van der Waals surface area contributed by atoms with E-state index < -0.39 is 11.7 Å². The Morgan fingerprint density at radius 2 is 2.11 bits per heavy atom. The number of nitrogens with two attached hydrogens (primary N) is 1. The number of nitrogens with zero attached hydrogens (tertiary/aromatic N) is 4. The van der Waals surface area contributed by atoms with Crippen molar-refractivity contribution in [2.24, 2.45) is 0 Å². The van der Waals surface area contributed by atoms with Crippen LogP contribution in [0.5, 0.6) is 11.5 Å². The number of hydrogen-bond donors (Lipinski definition) is 5. The second-order valence-corrected chi connectivity index (χ2v) is 6.03. The molecule has 1 atom stereocenters. The van der Waals surface area contributed by atoms with E-state index in [1.54, 1.807) is 0 Å². The molecule has 11 heteroatoms. The number of phenolic OH excluding ortho intramolecular Hbond substituents is 2. The number of nitrogens with one attached hydrogen (secondary N) is 1. The Morgan fingerprint density at radius 3 is 2.81 bits per heavy atom. The third kappa shape index (κ3) is 3.67. The molecule has 1 aromatic carbocycles. The highest BCUT2D eigenvalue weighted by Crippen LogP contribution is 2.28. The zero-order valence-corrected chi connectivity index (χ0v) is 14.3. The van der Waals surface area contributed by atoms with Gasteiger partial charge in [0.2, 0.25) is 11.9 Å². The highest BCUT2D eigenvalue weighted by Gasteiger charge is 2.18. The minimum absolute atomic E-state index is 0.0498. The molecule has 0 aliphatic rings. The number of phenols is 2. The summed E-state index contributed by atoms with van der Waals surface area (Å²) in [4.78, 5) is 35.7. The number of aliphatic hydroxyl groups is 1. The first-order valence-electron chi connectivity index (χ1n) is 7.90. The number of carbonyl (C=O) groups excluding carboxylic acids is 1. The summed E-state index contributed by atoms with van der Waals surface area (Å²) in [7, 11) is 1.50. The molecule has 0 spiro atoms. The summed E-state index contributed by atoms with van der Waals surface area (Å²) in [5.41, 5.74) is 5.62. The van der Waals surface area contributed by atoms with Gasteiger partial charge < -0.3 is 30.5 Å². The van der Waals surface area contributed by atoms with Crippen molar-refractivity contribution in [2.45, 2.75) is 12.6 Å². The van der Waals surface area contributed by atoms with Crippen LogP contribution in [-0.2, 0) is 11.3 Å². The van der Waals surface area contributed by atoms with Crippen molar-refractivity contribution < 1.29 is 20.1 Å². The normalized spacial score (nSPS) is 12.2. The molecule has 2 heterocycles. The van der Waals surface area contributed by atoms with Crippen LogP contribution in [0.25, 0.3) is 11.2 Å². The summed E-state index contributed by atoms with van der Waals surface area (Å²) in [5.74, 6) is -1.11. The van der Waals surface area contributed by atoms with E-state index in [0.717, 1.165) is 0 Å². The van der Waals surface area contributed by atoms with Crippen LogP contribution in [0.3, 0.4) is 0 Å². The van der Waals surface area contributed by atoms with Crippen molar-refractivity contribution in [3.8, 4) is 11.5 Å². The minimum atomic E-state index is -1.07. The number of imidazole rings is 1. The van der Waals surface area contributed by atoms with E-state index in [-0.39, 0.29) is 47.6 Å². The molecule has 1 amide bonds. The van der Waals surface area contributed by atoms with Crippen molar-refractivity contribution in [3.05, 3.63) is 40.4 Å². The van der Waals surface area contributed by atoms with Crippen LogP contribution in [0.1, 0.15) is 11.7 Å². The molecule has 0 radical (unpaired) electrons. The van der Waals surface area contributed by atoms with Gasteiger partial charge in [0.25, 0.3) is 5.56 Å². The summed E-state index contributed by atoms with van der Waals surface area (Å²) < 4.78 is 1.39. The number of amides is 1. The van der Waals surface area contributed by atoms with Gasteiger partial charge in [-0.2, -0.15) is 4.98 Å². The molecule has 1 unspecified atom stereocenters. The second kappa shape index (κ2) is 6.96. The van der Waals surface area contributed by atoms with Crippen molar-refractivity contribution in [2.75, 3.05) is 19.3 Å². The molecule has 0 aliphatic carbocycles. The average molecular weight is 374 g/mol. The fourth-order valence-corrected chi connectivity index (χ4v) is 2.57. The van der Waals surface area contributed by atoms with E-state index in [4.69, 9.17) is 5.73 Å². The van der Waals surface area contributed by atoms with Crippen molar-refractivity contribution in [1.29, 1.82) is 0 Å². The maximum absolute atomic E-state index is 12.4. The van der Waals surface area contributed by atoms with Gasteiger partial charge in [0, 0.05) is 7.05 Å². The van der Waals surface area contributed by atoms with E-state index >= 15 is 0 Å². The van der Waals surface area contributed by atoms with E-state index in [9.17, 15) is 24.9 Å². The van der Waals surface area contributed by atoms with Crippen LogP contribution in [-0.4, -0.2) is 59.2 Å². The van der Waals surface area contributed by atoms with Gasteiger partial charge in [0.05, 0.1) is 19.0 Å². The number of aromatic amines is 1. The molecule has 0 fully saturated rings. The molecule has 3 rings (SSSR count). The molecule has 3 aromatic rings. The van der Waals surface area contributed by atoms with Crippen LogP contribution < -0.4 is 11.3 Å². The number of benzene rings is 1. The highest BCUT2D eigenvalue weighted by atomic mass is 16.3. The first kappa shape index (κ1) is 18.2. The Bertz CT molecular complexity index is 1060. The Labute approximate surface area is 152 Å². The number of H-pyrrole nitrogens is 1. The minimum Gasteiger partial charge on any atom is -0.504 e. The van der Waals surface area contributed by atoms with Gasteiger partial charge >= 0.3 is 0 Å².